The lowest BCUT2D eigenvalue weighted by atomic mass is 10.1. The first-order valence-electron chi connectivity index (χ1n) is 10.4. The monoisotopic (exact) mass is 468 g/mol. The Balaban J connectivity index is 1.79. The van der Waals surface area contributed by atoms with Crippen molar-refractivity contribution in [3.05, 3.63) is 82.9 Å². The number of methoxy groups -OCH3 is 2. The number of anilines is 1. The molecular weight excluding hydrogens is 440 g/mol. The quantitative estimate of drug-likeness (QED) is 0.503. The number of ether oxygens (including phenoxy) is 2. The molecule has 3 rings (SSSR count). The molecule has 8 heteroatoms. The Morgan fingerprint density at radius 2 is 1.55 bits per heavy atom. The van der Waals surface area contributed by atoms with Gasteiger partial charge in [-0.3, -0.25) is 9.52 Å². The first-order chi connectivity index (χ1) is 15.6. The number of aryl methyl sites for hydroxylation is 2. The van der Waals surface area contributed by atoms with Gasteiger partial charge in [-0.1, -0.05) is 29.8 Å². The smallest absolute Gasteiger partial charge is 0.261 e. The molecule has 0 bridgehead atoms. The van der Waals surface area contributed by atoms with Crippen LogP contribution in [0.5, 0.6) is 11.5 Å². The van der Waals surface area contributed by atoms with Crippen molar-refractivity contribution in [3.63, 3.8) is 0 Å². The van der Waals surface area contributed by atoms with Crippen LogP contribution in [0.4, 0.5) is 5.69 Å². The predicted octanol–water partition coefficient (Wildman–Crippen LogP) is 4.61. The van der Waals surface area contributed by atoms with Gasteiger partial charge in [0.1, 0.15) is 0 Å². The molecule has 174 valence electrons. The summed E-state index contributed by atoms with van der Waals surface area (Å²) in [5.41, 5.74) is 3.20. The molecule has 7 nitrogen and oxygen atoms in total. The minimum atomic E-state index is -3.78. The Kier molecular flexibility index (Phi) is 7.28. The molecular formula is C25H28N2O5S. The zero-order chi connectivity index (χ0) is 24.2. The summed E-state index contributed by atoms with van der Waals surface area (Å²) >= 11 is 0. The van der Waals surface area contributed by atoms with E-state index in [-0.39, 0.29) is 16.8 Å². The number of sulfonamides is 1. The van der Waals surface area contributed by atoms with Gasteiger partial charge in [0.05, 0.1) is 30.8 Å². The predicted molar refractivity (Wildman–Crippen MR) is 129 cm³/mol. The summed E-state index contributed by atoms with van der Waals surface area (Å²) < 4.78 is 38.8. The van der Waals surface area contributed by atoms with E-state index in [1.54, 1.807) is 69.7 Å². The number of carbonyl (C=O) groups excluding carboxylic acids is 1. The number of amides is 1. The van der Waals surface area contributed by atoms with Gasteiger partial charge in [0.15, 0.2) is 11.5 Å². The largest absolute Gasteiger partial charge is 0.493 e. The average Bonchev–Trinajstić information content (AvgIpc) is 2.80. The molecule has 0 saturated carbocycles. The van der Waals surface area contributed by atoms with Crippen molar-refractivity contribution in [2.45, 2.75) is 31.7 Å². The summed E-state index contributed by atoms with van der Waals surface area (Å²) in [5.74, 6) is 0.844. The highest BCUT2D eigenvalue weighted by Crippen LogP contribution is 2.30. The standard InChI is InChI=1S/C25H28N2O5S/c1-16-6-11-21(12-7-16)33(29,30)27-22-14-20(9-8-17(22)2)25(28)26-18(3)19-10-13-23(31-4)24(15-19)32-5/h6-15,18,27H,1-5H3,(H,26,28)/t18-/m1/s1. The molecule has 0 saturated heterocycles. The molecule has 0 fully saturated rings. The van der Waals surface area contributed by atoms with Gasteiger partial charge in [0.25, 0.3) is 15.9 Å². The SMILES string of the molecule is COc1ccc([C@@H](C)NC(=O)c2ccc(C)c(NS(=O)(=O)c3ccc(C)cc3)c2)cc1OC. The van der Waals surface area contributed by atoms with E-state index in [1.807, 2.05) is 19.9 Å². The summed E-state index contributed by atoms with van der Waals surface area (Å²) in [7, 11) is -0.671. The maximum absolute atomic E-state index is 12.9. The van der Waals surface area contributed by atoms with Crippen molar-refractivity contribution in [1.29, 1.82) is 0 Å². The lowest BCUT2D eigenvalue weighted by molar-refractivity contribution is 0.0940. The minimum absolute atomic E-state index is 0.157. The number of carbonyl (C=O) groups is 1. The first-order valence-corrected chi connectivity index (χ1v) is 11.9. The van der Waals surface area contributed by atoms with Gasteiger partial charge in [-0.15, -0.1) is 0 Å². The highest BCUT2D eigenvalue weighted by atomic mass is 32.2. The highest BCUT2D eigenvalue weighted by molar-refractivity contribution is 7.92. The van der Waals surface area contributed by atoms with Gasteiger partial charge in [-0.25, -0.2) is 8.42 Å². The van der Waals surface area contributed by atoms with Crippen LogP contribution in [0.1, 0.15) is 40.0 Å². The third-order valence-corrected chi connectivity index (χ3v) is 6.71. The molecule has 3 aromatic rings. The lowest BCUT2D eigenvalue weighted by Gasteiger charge is -2.17. The number of hydrogen-bond acceptors (Lipinski definition) is 5. The van der Waals surface area contributed by atoms with E-state index in [9.17, 15) is 13.2 Å². The Bertz CT molecular complexity index is 1250. The van der Waals surface area contributed by atoms with E-state index in [0.29, 0.717) is 28.3 Å². The Hall–Kier alpha value is -3.52. The van der Waals surface area contributed by atoms with Gasteiger partial charge in [0.2, 0.25) is 0 Å². The molecule has 33 heavy (non-hydrogen) atoms. The number of rotatable bonds is 8. The molecule has 0 aliphatic heterocycles. The van der Waals surface area contributed by atoms with Crippen LogP contribution in [0, 0.1) is 13.8 Å². The van der Waals surface area contributed by atoms with Crippen molar-refractivity contribution in [2.24, 2.45) is 0 Å². The molecule has 0 heterocycles. The molecule has 0 aliphatic carbocycles. The highest BCUT2D eigenvalue weighted by Gasteiger charge is 2.18. The summed E-state index contributed by atoms with van der Waals surface area (Å²) in [6, 6.07) is 16.6. The molecule has 3 aromatic carbocycles. The summed E-state index contributed by atoms with van der Waals surface area (Å²) in [6.45, 7) is 5.52. The molecule has 1 amide bonds. The summed E-state index contributed by atoms with van der Waals surface area (Å²) in [5, 5.41) is 2.94. The zero-order valence-corrected chi connectivity index (χ0v) is 20.1. The third kappa shape index (κ3) is 5.64. The Morgan fingerprint density at radius 3 is 2.18 bits per heavy atom. The molecule has 0 radical (unpaired) electrons. The average molecular weight is 469 g/mol. The fourth-order valence-electron chi connectivity index (χ4n) is 3.28. The van der Waals surface area contributed by atoms with Crippen LogP contribution in [-0.2, 0) is 10.0 Å². The van der Waals surface area contributed by atoms with E-state index in [4.69, 9.17) is 9.47 Å². The van der Waals surface area contributed by atoms with E-state index in [0.717, 1.165) is 11.1 Å². The minimum Gasteiger partial charge on any atom is -0.493 e. The number of nitrogens with one attached hydrogen (secondary N) is 2. The molecule has 0 aromatic heterocycles. The summed E-state index contributed by atoms with van der Waals surface area (Å²) in [4.78, 5) is 13.1. The number of benzene rings is 3. The van der Waals surface area contributed by atoms with Crippen molar-refractivity contribution < 1.29 is 22.7 Å². The van der Waals surface area contributed by atoms with Crippen LogP contribution in [0.2, 0.25) is 0 Å². The Morgan fingerprint density at radius 1 is 0.879 bits per heavy atom. The van der Waals surface area contributed by atoms with Gasteiger partial charge >= 0.3 is 0 Å². The maximum atomic E-state index is 12.9. The molecule has 0 aliphatic rings. The van der Waals surface area contributed by atoms with Crippen molar-refractivity contribution >= 4 is 21.6 Å². The topological polar surface area (TPSA) is 93.7 Å². The van der Waals surface area contributed by atoms with Crippen LogP contribution >= 0.6 is 0 Å². The second kappa shape index (κ2) is 9.95. The van der Waals surface area contributed by atoms with Crippen molar-refractivity contribution in [3.8, 4) is 11.5 Å². The van der Waals surface area contributed by atoms with Gasteiger partial charge < -0.3 is 14.8 Å². The zero-order valence-electron chi connectivity index (χ0n) is 19.3. The van der Waals surface area contributed by atoms with Crippen LogP contribution in [0.3, 0.4) is 0 Å². The second-order valence-electron chi connectivity index (χ2n) is 7.76. The van der Waals surface area contributed by atoms with Crippen LogP contribution in [-0.4, -0.2) is 28.5 Å². The van der Waals surface area contributed by atoms with Gasteiger partial charge in [0, 0.05) is 5.56 Å². The Labute approximate surface area is 194 Å². The number of hydrogen-bond donors (Lipinski definition) is 2. The normalized spacial score (nSPS) is 12.0. The van der Waals surface area contributed by atoms with E-state index < -0.39 is 10.0 Å². The van der Waals surface area contributed by atoms with E-state index in [2.05, 4.69) is 10.0 Å². The van der Waals surface area contributed by atoms with Gasteiger partial charge in [-0.05, 0) is 68.3 Å². The van der Waals surface area contributed by atoms with E-state index >= 15 is 0 Å². The third-order valence-electron chi connectivity index (χ3n) is 5.33. The summed E-state index contributed by atoms with van der Waals surface area (Å²) in [6.07, 6.45) is 0. The maximum Gasteiger partial charge on any atom is 0.261 e. The van der Waals surface area contributed by atoms with Crippen LogP contribution in [0.25, 0.3) is 0 Å². The van der Waals surface area contributed by atoms with Crippen LogP contribution < -0.4 is 19.5 Å². The molecule has 0 spiro atoms. The first kappa shape index (κ1) is 24.1. The molecule has 0 unspecified atom stereocenters. The second-order valence-corrected chi connectivity index (χ2v) is 9.44. The van der Waals surface area contributed by atoms with E-state index in [1.165, 1.54) is 6.07 Å². The lowest BCUT2D eigenvalue weighted by Crippen LogP contribution is -2.27. The molecule has 2 N–H and O–H groups in total. The van der Waals surface area contributed by atoms with Crippen LogP contribution in [0.15, 0.2) is 65.6 Å². The fourth-order valence-corrected chi connectivity index (χ4v) is 4.40. The fraction of sp³-hybridized carbons (Fsp3) is 0.240. The van der Waals surface area contributed by atoms with Crippen molar-refractivity contribution in [1.82, 2.24) is 5.32 Å². The van der Waals surface area contributed by atoms with Crippen molar-refractivity contribution in [2.75, 3.05) is 18.9 Å². The van der Waals surface area contributed by atoms with Gasteiger partial charge in [-0.2, -0.15) is 0 Å². The molecule has 1 atom stereocenters.